The smallest absolute Gasteiger partial charge is 0.164 e. The van der Waals surface area contributed by atoms with Gasteiger partial charge in [-0.2, -0.15) is 0 Å². The molecule has 1 saturated heterocycles. The molecule has 5 nitrogen and oxygen atoms in total. The summed E-state index contributed by atoms with van der Waals surface area (Å²) in [5, 5.41) is 0. The lowest BCUT2D eigenvalue weighted by atomic mass is 9.86. The molecule has 0 unspecified atom stereocenters. The normalized spacial score (nSPS) is 25.1. The van der Waals surface area contributed by atoms with E-state index in [1.807, 2.05) is 12.1 Å². The van der Waals surface area contributed by atoms with E-state index in [1.54, 1.807) is 21.3 Å². The molecule has 26 heavy (non-hydrogen) atoms. The topological polar surface area (TPSA) is 34.2 Å². The van der Waals surface area contributed by atoms with Crippen LogP contribution < -0.4 is 14.2 Å². The molecule has 0 amide bonds. The van der Waals surface area contributed by atoms with Gasteiger partial charge >= 0.3 is 0 Å². The Morgan fingerprint density at radius 1 is 0.885 bits per heavy atom. The van der Waals surface area contributed by atoms with Crippen LogP contribution in [0.2, 0.25) is 0 Å². The van der Waals surface area contributed by atoms with E-state index in [2.05, 4.69) is 16.7 Å². The van der Waals surface area contributed by atoms with Gasteiger partial charge < -0.3 is 14.2 Å². The predicted octanol–water partition coefficient (Wildman–Crippen LogP) is 3.41. The van der Waals surface area contributed by atoms with E-state index in [0.717, 1.165) is 48.7 Å². The van der Waals surface area contributed by atoms with Gasteiger partial charge in [-0.25, -0.2) is 0 Å². The fraction of sp³-hybridized carbons (Fsp3) is 0.714. The Bertz CT molecular complexity index is 585. The van der Waals surface area contributed by atoms with Crippen molar-refractivity contribution in [3.05, 3.63) is 17.7 Å². The first kappa shape index (κ1) is 19.3. The highest BCUT2D eigenvalue weighted by molar-refractivity contribution is 5.50. The number of hydrogen-bond acceptors (Lipinski definition) is 5. The van der Waals surface area contributed by atoms with Gasteiger partial charge in [0.2, 0.25) is 0 Å². The van der Waals surface area contributed by atoms with Crippen molar-refractivity contribution >= 4 is 0 Å². The van der Waals surface area contributed by atoms with Crippen molar-refractivity contribution in [1.29, 1.82) is 0 Å². The zero-order valence-electron chi connectivity index (χ0n) is 16.8. The molecule has 0 N–H and O–H groups in total. The second-order valence-electron chi connectivity index (χ2n) is 7.76. The van der Waals surface area contributed by atoms with E-state index < -0.39 is 0 Å². The molecule has 3 rings (SSSR count). The second kappa shape index (κ2) is 8.96. The molecule has 1 aliphatic heterocycles. The predicted molar refractivity (Wildman–Crippen MR) is 104 cm³/mol. The maximum atomic E-state index is 5.58. The van der Waals surface area contributed by atoms with Gasteiger partial charge in [-0.05, 0) is 24.8 Å². The molecule has 2 atom stereocenters. The number of hydrogen-bond donors (Lipinski definition) is 0. The Morgan fingerprint density at radius 2 is 1.54 bits per heavy atom. The minimum atomic E-state index is 0.712. The van der Waals surface area contributed by atoms with Crippen molar-refractivity contribution in [3.8, 4) is 17.2 Å². The van der Waals surface area contributed by atoms with E-state index >= 15 is 0 Å². The average Bonchev–Trinajstić information content (AvgIpc) is 2.68. The Labute approximate surface area is 158 Å². The summed E-state index contributed by atoms with van der Waals surface area (Å²) < 4.78 is 16.4. The molecule has 5 heteroatoms. The van der Waals surface area contributed by atoms with Crippen LogP contribution in [0.1, 0.15) is 38.2 Å². The molecule has 0 bridgehead atoms. The number of ether oxygens (including phenoxy) is 3. The monoisotopic (exact) mass is 362 g/mol. The Hall–Kier alpha value is -1.46. The molecule has 1 aliphatic carbocycles. The number of nitrogens with zero attached hydrogens (tertiary/aromatic N) is 2. The first-order chi connectivity index (χ1) is 12.6. The molecule has 0 radical (unpaired) electrons. The lowest BCUT2D eigenvalue weighted by molar-refractivity contribution is 0.0655. The van der Waals surface area contributed by atoms with Crippen molar-refractivity contribution < 1.29 is 14.2 Å². The maximum absolute atomic E-state index is 5.58. The van der Waals surface area contributed by atoms with Crippen molar-refractivity contribution in [1.82, 2.24) is 9.80 Å². The van der Waals surface area contributed by atoms with E-state index in [4.69, 9.17) is 14.2 Å². The van der Waals surface area contributed by atoms with Crippen molar-refractivity contribution in [2.45, 2.75) is 45.2 Å². The van der Waals surface area contributed by atoms with Crippen LogP contribution in [-0.2, 0) is 6.54 Å². The molecule has 2 fully saturated rings. The molecular weight excluding hydrogens is 328 g/mol. The summed E-state index contributed by atoms with van der Waals surface area (Å²) in [5.41, 5.74) is 1.16. The number of piperazine rings is 1. The molecule has 1 heterocycles. The zero-order valence-corrected chi connectivity index (χ0v) is 16.8. The number of rotatable bonds is 6. The summed E-state index contributed by atoms with van der Waals surface area (Å²) in [4.78, 5) is 5.24. The molecule has 1 saturated carbocycles. The summed E-state index contributed by atoms with van der Waals surface area (Å²) in [6.45, 7) is 7.87. The van der Waals surface area contributed by atoms with Crippen LogP contribution in [0.25, 0.3) is 0 Å². The van der Waals surface area contributed by atoms with Gasteiger partial charge in [-0.3, -0.25) is 9.80 Å². The zero-order chi connectivity index (χ0) is 18.5. The molecule has 1 aromatic carbocycles. The van der Waals surface area contributed by atoms with Gasteiger partial charge in [0.05, 0.1) is 21.3 Å². The highest BCUT2D eigenvalue weighted by Gasteiger charge is 2.28. The summed E-state index contributed by atoms with van der Waals surface area (Å²) in [6, 6.07) is 4.78. The molecule has 0 spiro atoms. The van der Waals surface area contributed by atoms with Gasteiger partial charge in [0.15, 0.2) is 11.5 Å². The maximum Gasteiger partial charge on any atom is 0.164 e. The van der Waals surface area contributed by atoms with Gasteiger partial charge in [0, 0.05) is 50.4 Å². The number of benzene rings is 1. The van der Waals surface area contributed by atoms with Crippen LogP contribution in [0.5, 0.6) is 17.2 Å². The fourth-order valence-electron chi connectivity index (χ4n) is 4.48. The van der Waals surface area contributed by atoms with Crippen LogP contribution >= 0.6 is 0 Å². The summed E-state index contributed by atoms with van der Waals surface area (Å²) in [7, 11) is 5.05. The summed E-state index contributed by atoms with van der Waals surface area (Å²) in [6.07, 6.45) is 5.57. The van der Waals surface area contributed by atoms with Crippen LogP contribution in [0.15, 0.2) is 12.1 Å². The minimum absolute atomic E-state index is 0.712. The summed E-state index contributed by atoms with van der Waals surface area (Å²) in [5.74, 6) is 3.23. The Morgan fingerprint density at radius 3 is 2.15 bits per heavy atom. The van der Waals surface area contributed by atoms with Crippen molar-refractivity contribution in [2.75, 3.05) is 47.5 Å². The minimum Gasteiger partial charge on any atom is -0.496 e. The van der Waals surface area contributed by atoms with Crippen LogP contribution in [0.4, 0.5) is 0 Å². The Balaban J connectivity index is 1.60. The molecular formula is C21H34N2O3. The van der Waals surface area contributed by atoms with E-state index in [-0.39, 0.29) is 0 Å². The van der Waals surface area contributed by atoms with Gasteiger partial charge in [0.1, 0.15) is 5.75 Å². The third kappa shape index (κ3) is 4.44. The first-order valence-corrected chi connectivity index (χ1v) is 9.90. The van der Waals surface area contributed by atoms with Crippen LogP contribution in [-0.4, -0.2) is 63.4 Å². The lowest BCUT2D eigenvalue weighted by Crippen LogP contribution is -2.50. The van der Waals surface area contributed by atoms with Crippen molar-refractivity contribution in [3.63, 3.8) is 0 Å². The highest BCUT2D eigenvalue weighted by Crippen LogP contribution is 2.35. The summed E-state index contributed by atoms with van der Waals surface area (Å²) >= 11 is 0. The molecule has 0 aromatic heterocycles. The van der Waals surface area contributed by atoms with E-state index in [1.165, 1.54) is 38.8 Å². The van der Waals surface area contributed by atoms with Crippen molar-refractivity contribution in [2.24, 2.45) is 5.92 Å². The lowest BCUT2D eigenvalue weighted by Gasteiger charge is -2.42. The number of methoxy groups -OCH3 is 3. The van der Waals surface area contributed by atoms with Crippen LogP contribution in [0, 0.1) is 5.92 Å². The quantitative estimate of drug-likeness (QED) is 0.775. The molecule has 2 aliphatic rings. The SMILES string of the molecule is COc1cc(OC)c(OC)cc1CN1CCN([C@@H]2CCC[C@@H](C)C2)CC1. The van der Waals surface area contributed by atoms with Gasteiger partial charge in [-0.15, -0.1) is 0 Å². The fourth-order valence-corrected chi connectivity index (χ4v) is 4.48. The third-order valence-corrected chi connectivity index (χ3v) is 6.01. The third-order valence-electron chi connectivity index (χ3n) is 6.01. The van der Waals surface area contributed by atoms with E-state index in [0.29, 0.717) is 5.75 Å². The second-order valence-corrected chi connectivity index (χ2v) is 7.76. The van der Waals surface area contributed by atoms with Crippen LogP contribution in [0.3, 0.4) is 0 Å². The Kier molecular flexibility index (Phi) is 6.65. The van der Waals surface area contributed by atoms with Gasteiger partial charge in [-0.1, -0.05) is 19.8 Å². The average molecular weight is 363 g/mol. The standard InChI is InChI=1S/C21H34N2O3/c1-16-6-5-7-18(12-16)23-10-8-22(9-11-23)15-17-13-20(25-3)21(26-4)14-19(17)24-2/h13-14,16,18H,5-12,15H2,1-4H3/t16-,18-/m1/s1. The molecule has 1 aromatic rings. The van der Waals surface area contributed by atoms with E-state index in [9.17, 15) is 0 Å². The molecule has 146 valence electrons. The first-order valence-electron chi connectivity index (χ1n) is 9.90. The van der Waals surface area contributed by atoms with Gasteiger partial charge in [0.25, 0.3) is 0 Å². The largest absolute Gasteiger partial charge is 0.496 e. The highest BCUT2D eigenvalue weighted by atomic mass is 16.5.